The summed E-state index contributed by atoms with van der Waals surface area (Å²) in [4.78, 5) is 0. The summed E-state index contributed by atoms with van der Waals surface area (Å²) in [6.07, 6.45) is 6.51. The van der Waals surface area contributed by atoms with Crippen molar-refractivity contribution in [3.63, 3.8) is 0 Å². The Hall–Kier alpha value is -0.970. The van der Waals surface area contributed by atoms with Gasteiger partial charge >= 0.3 is 0 Å². The Morgan fingerprint density at radius 2 is 2.05 bits per heavy atom. The maximum absolute atomic E-state index is 4.25. The third-order valence-corrected chi connectivity index (χ3v) is 4.03. The lowest BCUT2D eigenvalue weighted by atomic mass is 9.97. The summed E-state index contributed by atoms with van der Waals surface area (Å²) in [5, 5.41) is 15.8. The minimum Gasteiger partial charge on any atom is -0.310 e. The van der Waals surface area contributed by atoms with Crippen molar-refractivity contribution in [2.45, 2.75) is 65.5 Å². The standard InChI is InChI=1S/C14H27N5/c1-11(2)9-15-10-14-16-17-18-19(14)13-8-6-4-5-7-12(13)3/h11-13,15H,4-10H2,1-3H3. The van der Waals surface area contributed by atoms with Gasteiger partial charge in [-0.25, -0.2) is 4.68 Å². The highest BCUT2D eigenvalue weighted by Gasteiger charge is 2.24. The fourth-order valence-corrected chi connectivity index (χ4v) is 2.90. The van der Waals surface area contributed by atoms with Crippen molar-refractivity contribution in [2.24, 2.45) is 11.8 Å². The molecule has 19 heavy (non-hydrogen) atoms. The smallest absolute Gasteiger partial charge is 0.165 e. The van der Waals surface area contributed by atoms with Gasteiger partial charge in [0.15, 0.2) is 5.82 Å². The van der Waals surface area contributed by atoms with Gasteiger partial charge in [-0.3, -0.25) is 0 Å². The first kappa shape index (κ1) is 14.4. The van der Waals surface area contributed by atoms with Crippen LogP contribution in [0.5, 0.6) is 0 Å². The molecule has 0 amide bonds. The van der Waals surface area contributed by atoms with E-state index in [-0.39, 0.29) is 0 Å². The summed E-state index contributed by atoms with van der Waals surface area (Å²) < 4.78 is 2.07. The van der Waals surface area contributed by atoms with Gasteiger partial charge in [-0.2, -0.15) is 0 Å². The molecule has 0 radical (unpaired) electrons. The van der Waals surface area contributed by atoms with Gasteiger partial charge < -0.3 is 5.32 Å². The number of hydrogen-bond acceptors (Lipinski definition) is 4. The van der Waals surface area contributed by atoms with Crippen LogP contribution < -0.4 is 5.32 Å². The molecule has 0 aromatic carbocycles. The third-order valence-electron chi connectivity index (χ3n) is 4.03. The molecule has 1 heterocycles. The van der Waals surface area contributed by atoms with Crippen molar-refractivity contribution >= 4 is 0 Å². The van der Waals surface area contributed by atoms with Gasteiger partial charge in [-0.1, -0.05) is 40.0 Å². The number of nitrogens with zero attached hydrogens (tertiary/aromatic N) is 4. The molecule has 1 aliphatic carbocycles. The first-order valence-electron chi connectivity index (χ1n) is 7.66. The molecule has 5 heteroatoms. The molecule has 1 fully saturated rings. The number of nitrogens with one attached hydrogen (secondary N) is 1. The van der Waals surface area contributed by atoms with E-state index in [0.29, 0.717) is 17.9 Å². The fourth-order valence-electron chi connectivity index (χ4n) is 2.90. The van der Waals surface area contributed by atoms with Crippen LogP contribution in [0.2, 0.25) is 0 Å². The number of rotatable bonds is 5. The first-order chi connectivity index (χ1) is 9.18. The Labute approximate surface area is 116 Å². The SMILES string of the molecule is CC(C)CNCc1nnnn1C1CCCCCC1C. The fraction of sp³-hybridized carbons (Fsp3) is 0.929. The Balaban J connectivity index is 2.00. The summed E-state index contributed by atoms with van der Waals surface area (Å²) in [7, 11) is 0. The summed E-state index contributed by atoms with van der Waals surface area (Å²) in [5.74, 6) is 2.32. The third kappa shape index (κ3) is 4.00. The van der Waals surface area contributed by atoms with E-state index in [0.717, 1.165) is 18.9 Å². The van der Waals surface area contributed by atoms with Gasteiger partial charge in [0, 0.05) is 0 Å². The average Bonchev–Trinajstić information content (AvgIpc) is 2.71. The quantitative estimate of drug-likeness (QED) is 0.831. The van der Waals surface area contributed by atoms with Crippen molar-refractivity contribution in [3.05, 3.63) is 5.82 Å². The lowest BCUT2D eigenvalue weighted by Gasteiger charge is -2.22. The zero-order valence-electron chi connectivity index (χ0n) is 12.5. The van der Waals surface area contributed by atoms with Crippen LogP contribution in [0.25, 0.3) is 0 Å². The van der Waals surface area contributed by atoms with Crippen molar-refractivity contribution in [2.75, 3.05) is 6.54 Å². The van der Waals surface area contributed by atoms with Crippen LogP contribution in [-0.2, 0) is 6.54 Å². The molecular formula is C14H27N5. The minimum atomic E-state index is 0.480. The lowest BCUT2D eigenvalue weighted by molar-refractivity contribution is 0.294. The van der Waals surface area contributed by atoms with E-state index in [1.807, 2.05) is 0 Å². The van der Waals surface area contributed by atoms with Gasteiger partial charge in [0.2, 0.25) is 0 Å². The van der Waals surface area contributed by atoms with Crippen molar-refractivity contribution in [1.82, 2.24) is 25.5 Å². The molecule has 1 N–H and O–H groups in total. The van der Waals surface area contributed by atoms with E-state index in [9.17, 15) is 0 Å². The highest BCUT2D eigenvalue weighted by molar-refractivity contribution is 4.87. The van der Waals surface area contributed by atoms with E-state index < -0.39 is 0 Å². The number of aromatic nitrogens is 4. The van der Waals surface area contributed by atoms with Crippen LogP contribution >= 0.6 is 0 Å². The second kappa shape index (κ2) is 6.98. The lowest BCUT2D eigenvalue weighted by Crippen LogP contribution is -2.25. The Morgan fingerprint density at radius 1 is 1.26 bits per heavy atom. The minimum absolute atomic E-state index is 0.480. The normalized spacial score (nSPS) is 24.6. The second-order valence-corrected chi connectivity index (χ2v) is 6.25. The van der Waals surface area contributed by atoms with Gasteiger partial charge in [0.25, 0.3) is 0 Å². The zero-order chi connectivity index (χ0) is 13.7. The van der Waals surface area contributed by atoms with E-state index in [2.05, 4.69) is 46.3 Å². The van der Waals surface area contributed by atoms with Crippen LogP contribution in [0.15, 0.2) is 0 Å². The number of tetrazole rings is 1. The molecular weight excluding hydrogens is 238 g/mol. The predicted molar refractivity (Wildman–Crippen MR) is 75.6 cm³/mol. The van der Waals surface area contributed by atoms with Crippen molar-refractivity contribution < 1.29 is 0 Å². The molecule has 5 nitrogen and oxygen atoms in total. The van der Waals surface area contributed by atoms with E-state index >= 15 is 0 Å². The molecule has 1 aromatic rings. The Kier molecular flexibility index (Phi) is 5.31. The summed E-state index contributed by atoms with van der Waals surface area (Å²) >= 11 is 0. The summed E-state index contributed by atoms with van der Waals surface area (Å²) in [6, 6.07) is 0.480. The molecule has 2 rings (SSSR count). The van der Waals surface area contributed by atoms with Crippen molar-refractivity contribution in [3.8, 4) is 0 Å². The molecule has 0 bridgehead atoms. The molecule has 1 saturated carbocycles. The molecule has 0 saturated heterocycles. The first-order valence-corrected chi connectivity index (χ1v) is 7.66. The number of hydrogen-bond donors (Lipinski definition) is 1. The van der Waals surface area contributed by atoms with E-state index in [1.54, 1.807) is 0 Å². The second-order valence-electron chi connectivity index (χ2n) is 6.25. The Morgan fingerprint density at radius 3 is 2.84 bits per heavy atom. The highest BCUT2D eigenvalue weighted by Crippen LogP contribution is 2.32. The topological polar surface area (TPSA) is 55.6 Å². The predicted octanol–water partition coefficient (Wildman–Crippen LogP) is 2.56. The molecule has 1 aromatic heterocycles. The van der Waals surface area contributed by atoms with Crippen LogP contribution in [-0.4, -0.2) is 26.8 Å². The van der Waals surface area contributed by atoms with Crippen LogP contribution in [0, 0.1) is 11.8 Å². The van der Waals surface area contributed by atoms with E-state index in [4.69, 9.17) is 0 Å². The average molecular weight is 265 g/mol. The summed E-state index contributed by atoms with van der Waals surface area (Å²) in [5.41, 5.74) is 0. The van der Waals surface area contributed by atoms with E-state index in [1.165, 1.54) is 32.1 Å². The Bertz CT molecular complexity index is 374. The van der Waals surface area contributed by atoms with Crippen molar-refractivity contribution in [1.29, 1.82) is 0 Å². The molecule has 108 valence electrons. The van der Waals surface area contributed by atoms with Gasteiger partial charge in [-0.15, -0.1) is 5.10 Å². The van der Waals surface area contributed by atoms with Gasteiger partial charge in [-0.05, 0) is 41.6 Å². The molecule has 2 unspecified atom stereocenters. The maximum atomic E-state index is 4.25. The van der Waals surface area contributed by atoms with Crippen LogP contribution in [0.3, 0.4) is 0 Å². The monoisotopic (exact) mass is 265 g/mol. The van der Waals surface area contributed by atoms with Crippen LogP contribution in [0.1, 0.15) is 64.7 Å². The maximum Gasteiger partial charge on any atom is 0.165 e. The molecule has 0 aliphatic heterocycles. The van der Waals surface area contributed by atoms with Crippen LogP contribution in [0.4, 0.5) is 0 Å². The zero-order valence-corrected chi connectivity index (χ0v) is 12.5. The molecule has 2 atom stereocenters. The van der Waals surface area contributed by atoms with Gasteiger partial charge in [0.1, 0.15) is 0 Å². The highest BCUT2D eigenvalue weighted by atomic mass is 15.6. The molecule has 1 aliphatic rings. The summed E-state index contributed by atoms with van der Waals surface area (Å²) in [6.45, 7) is 8.54. The largest absolute Gasteiger partial charge is 0.310 e. The molecule has 0 spiro atoms. The van der Waals surface area contributed by atoms with Gasteiger partial charge in [0.05, 0.1) is 12.6 Å².